The number of amidine groups is 1. The third-order valence-electron chi connectivity index (χ3n) is 5.31. The van der Waals surface area contributed by atoms with Crippen LogP contribution in [0.1, 0.15) is 38.5 Å². The highest BCUT2D eigenvalue weighted by molar-refractivity contribution is 6.38. The van der Waals surface area contributed by atoms with E-state index in [1.54, 1.807) is 0 Å². The average Bonchev–Trinajstić information content (AvgIpc) is 2.79. The zero-order chi connectivity index (χ0) is 12.2. The molecule has 1 amide bonds. The monoisotopic (exact) mass is 247 g/mol. The van der Waals surface area contributed by atoms with Crippen molar-refractivity contribution in [1.29, 1.82) is 0 Å². The lowest BCUT2D eigenvalue weighted by Gasteiger charge is -2.56. The molecule has 4 saturated carbocycles. The van der Waals surface area contributed by atoms with Gasteiger partial charge in [-0.05, 0) is 56.3 Å². The van der Waals surface area contributed by atoms with Gasteiger partial charge in [0.15, 0.2) is 5.84 Å². The van der Waals surface area contributed by atoms with Crippen LogP contribution in [0.2, 0.25) is 0 Å². The van der Waals surface area contributed by atoms with Gasteiger partial charge in [0.1, 0.15) is 0 Å². The number of hydrogen-bond acceptors (Lipinski definition) is 3. The molecule has 0 aromatic carbocycles. The fourth-order valence-corrected chi connectivity index (χ4v) is 5.11. The molecule has 18 heavy (non-hydrogen) atoms. The minimum absolute atomic E-state index is 0.0365. The highest BCUT2D eigenvalue weighted by Gasteiger charge is 2.51. The quantitative estimate of drug-likeness (QED) is 0.767. The Morgan fingerprint density at radius 2 is 1.78 bits per heavy atom. The van der Waals surface area contributed by atoms with Crippen molar-refractivity contribution >= 4 is 11.7 Å². The van der Waals surface area contributed by atoms with Gasteiger partial charge in [-0.2, -0.15) is 0 Å². The standard InChI is InChI=1S/C14H21N3O/c18-13(12-15-1-2-16-12)17-14-6-9-3-10(7-14)5-11(4-9)8-14/h9-11H,1-8H2,(H,15,16)(H,17,18). The molecular formula is C14H21N3O. The zero-order valence-corrected chi connectivity index (χ0v) is 10.7. The lowest BCUT2D eigenvalue weighted by molar-refractivity contribution is -0.120. The third-order valence-corrected chi connectivity index (χ3v) is 5.31. The van der Waals surface area contributed by atoms with Crippen LogP contribution in [0.4, 0.5) is 0 Å². The van der Waals surface area contributed by atoms with Gasteiger partial charge in [0.05, 0.1) is 6.54 Å². The van der Waals surface area contributed by atoms with Gasteiger partial charge >= 0.3 is 0 Å². The van der Waals surface area contributed by atoms with Crippen molar-refractivity contribution in [3.8, 4) is 0 Å². The van der Waals surface area contributed by atoms with Gasteiger partial charge in [-0.25, -0.2) is 0 Å². The van der Waals surface area contributed by atoms with Crippen molar-refractivity contribution in [1.82, 2.24) is 10.6 Å². The molecule has 4 bridgehead atoms. The van der Waals surface area contributed by atoms with Crippen LogP contribution in [0.5, 0.6) is 0 Å². The van der Waals surface area contributed by atoms with Crippen LogP contribution in [-0.4, -0.2) is 30.4 Å². The Hall–Kier alpha value is -1.06. The molecule has 4 fully saturated rings. The van der Waals surface area contributed by atoms with E-state index < -0.39 is 0 Å². The van der Waals surface area contributed by atoms with E-state index in [0.29, 0.717) is 5.84 Å². The summed E-state index contributed by atoms with van der Waals surface area (Å²) in [6.45, 7) is 1.55. The summed E-state index contributed by atoms with van der Waals surface area (Å²) in [6, 6.07) is 0. The van der Waals surface area contributed by atoms with Crippen molar-refractivity contribution in [2.45, 2.75) is 44.1 Å². The smallest absolute Gasteiger partial charge is 0.286 e. The zero-order valence-electron chi connectivity index (χ0n) is 10.7. The van der Waals surface area contributed by atoms with Gasteiger partial charge in [0, 0.05) is 12.1 Å². The molecule has 0 aromatic heterocycles. The van der Waals surface area contributed by atoms with Crippen LogP contribution in [-0.2, 0) is 4.79 Å². The minimum atomic E-state index is 0.0365. The predicted octanol–water partition coefficient (Wildman–Crippen LogP) is 1.07. The topological polar surface area (TPSA) is 53.5 Å². The van der Waals surface area contributed by atoms with Crippen molar-refractivity contribution in [2.75, 3.05) is 13.1 Å². The second-order valence-electron chi connectivity index (χ2n) is 6.81. The fourth-order valence-electron chi connectivity index (χ4n) is 5.11. The van der Waals surface area contributed by atoms with E-state index in [1.165, 1.54) is 38.5 Å². The molecule has 5 aliphatic rings. The second-order valence-corrected chi connectivity index (χ2v) is 6.81. The summed E-state index contributed by atoms with van der Waals surface area (Å²) in [6.07, 6.45) is 7.85. The fraction of sp³-hybridized carbons (Fsp3) is 0.857. The maximum absolute atomic E-state index is 12.2. The summed E-state index contributed by atoms with van der Waals surface area (Å²) in [5, 5.41) is 6.41. The van der Waals surface area contributed by atoms with Gasteiger partial charge in [0.2, 0.25) is 0 Å². The maximum atomic E-state index is 12.2. The first-order valence-corrected chi connectivity index (χ1v) is 7.33. The first-order chi connectivity index (χ1) is 8.72. The van der Waals surface area contributed by atoms with Crippen LogP contribution in [0.3, 0.4) is 0 Å². The van der Waals surface area contributed by atoms with E-state index in [1.807, 2.05) is 0 Å². The number of carbonyl (C=O) groups is 1. The lowest BCUT2D eigenvalue weighted by atomic mass is 9.53. The number of hydrogen-bond donors (Lipinski definition) is 2. The van der Waals surface area contributed by atoms with Crippen LogP contribution in [0.25, 0.3) is 0 Å². The van der Waals surface area contributed by atoms with Crippen LogP contribution in [0.15, 0.2) is 4.99 Å². The lowest BCUT2D eigenvalue weighted by Crippen LogP contribution is -2.61. The predicted molar refractivity (Wildman–Crippen MR) is 69.4 cm³/mol. The van der Waals surface area contributed by atoms with Crippen LogP contribution < -0.4 is 10.6 Å². The Labute approximate surface area is 108 Å². The van der Waals surface area contributed by atoms with Gasteiger partial charge in [-0.15, -0.1) is 0 Å². The van der Waals surface area contributed by atoms with Crippen molar-refractivity contribution < 1.29 is 4.79 Å². The Morgan fingerprint density at radius 3 is 2.28 bits per heavy atom. The number of amides is 1. The van der Waals surface area contributed by atoms with Crippen molar-refractivity contribution in [3.63, 3.8) is 0 Å². The molecule has 4 aliphatic carbocycles. The molecule has 0 radical (unpaired) electrons. The number of rotatable bonds is 2. The first kappa shape index (κ1) is 10.8. The molecule has 0 unspecified atom stereocenters. The molecule has 1 aliphatic heterocycles. The van der Waals surface area contributed by atoms with Gasteiger partial charge in [-0.1, -0.05) is 0 Å². The van der Waals surface area contributed by atoms with Crippen molar-refractivity contribution in [2.24, 2.45) is 22.7 Å². The molecule has 2 N–H and O–H groups in total. The largest absolute Gasteiger partial charge is 0.364 e. The summed E-state index contributed by atoms with van der Waals surface area (Å²) in [5.41, 5.74) is 0.110. The minimum Gasteiger partial charge on any atom is -0.364 e. The summed E-state index contributed by atoms with van der Waals surface area (Å²) < 4.78 is 0. The summed E-state index contributed by atoms with van der Waals surface area (Å²) >= 11 is 0. The highest BCUT2D eigenvalue weighted by atomic mass is 16.2. The molecule has 0 aromatic rings. The molecule has 0 spiro atoms. The Kier molecular flexibility index (Phi) is 2.24. The Morgan fingerprint density at radius 1 is 1.17 bits per heavy atom. The number of aliphatic imine (C=N–C) groups is 1. The van der Waals surface area contributed by atoms with E-state index >= 15 is 0 Å². The van der Waals surface area contributed by atoms with Gasteiger partial charge in [-0.3, -0.25) is 9.79 Å². The summed E-state index contributed by atoms with van der Waals surface area (Å²) in [7, 11) is 0. The molecule has 5 rings (SSSR count). The highest BCUT2D eigenvalue weighted by Crippen LogP contribution is 2.55. The van der Waals surface area contributed by atoms with E-state index in [0.717, 1.165) is 30.8 Å². The second kappa shape index (κ2) is 3.72. The van der Waals surface area contributed by atoms with E-state index in [-0.39, 0.29) is 11.4 Å². The summed E-state index contributed by atoms with van der Waals surface area (Å²) in [4.78, 5) is 16.5. The number of carbonyl (C=O) groups excluding carboxylic acids is 1. The van der Waals surface area contributed by atoms with E-state index in [9.17, 15) is 4.79 Å². The molecule has 0 saturated heterocycles. The molecular weight excluding hydrogens is 226 g/mol. The van der Waals surface area contributed by atoms with Crippen molar-refractivity contribution in [3.05, 3.63) is 0 Å². The van der Waals surface area contributed by atoms with Crippen LogP contribution >= 0.6 is 0 Å². The molecule has 4 heteroatoms. The van der Waals surface area contributed by atoms with E-state index in [4.69, 9.17) is 0 Å². The first-order valence-electron chi connectivity index (χ1n) is 7.33. The Bertz CT molecular complexity index is 380. The molecule has 4 nitrogen and oxygen atoms in total. The molecule has 98 valence electrons. The van der Waals surface area contributed by atoms with Crippen LogP contribution in [0, 0.1) is 17.8 Å². The average molecular weight is 247 g/mol. The number of nitrogens with one attached hydrogen (secondary N) is 2. The molecule has 0 atom stereocenters. The van der Waals surface area contributed by atoms with Gasteiger partial charge < -0.3 is 10.6 Å². The SMILES string of the molecule is O=C(NC12CC3CC(CC(C3)C1)C2)C1=NCCN1. The van der Waals surface area contributed by atoms with Gasteiger partial charge in [0.25, 0.3) is 5.91 Å². The Balaban J connectivity index is 1.52. The third kappa shape index (κ3) is 1.65. The number of nitrogens with zero attached hydrogens (tertiary/aromatic N) is 1. The maximum Gasteiger partial charge on any atom is 0.286 e. The summed E-state index contributed by atoms with van der Waals surface area (Å²) in [5.74, 6) is 3.21. The van der Waals surface area contributed by atoms with E-state index in [2.05, 4.69) is 15.6 Å². The normalized spacial score (nSPS) is 44.7. The molecule has 1 heterocycles.